The maximum Gasteiger partial charge on any atom is 0.247 e. The Balaban J connectivity index is 1.43. The van der Waals surface area contributed by atoms with Gasteiger partial charge in [0.25, 0.3) is 0 Å². The normalized spacial score (nSPS) is 14.5. The van der Waals surface area contributed by atoms with Crippen LogP contribution in [0.15, 0.2) is 79.8 Å². The number of nitrogen functional groups attached to an aromatic ring is 1. The Morgan fingerprint density at radius 3 is 2.74 bits per heavy atom. The summed E-state index contributed by atoms with van der Waals surface area (Å²) in [5, 5.41) is 7.46. The average Bonchev–Trinajstić information content (AvgIpc) is 3.59. The second-order valence-electron chi connectivity index (χ2n) is 9.74. The third kappa shape index (κ3) is 4.77. The number of carbonyl (C=O) groups excluding carboxylic acids is 1. The fraction of sp³-hybridized carbons (Fsp3) is 0.207. The molecular weight excluding hydrogens is 490 g/mol. The number of nitrogens with two attached hydrogens (primary N) is 1. The van der Waals surface area contributed by atoms with E-state index in [-0.39, 0.29) is 11.7 Å². The maximum atomic E-state index is 11.9. The quantitative estimate of drug-likeness (QED) is 0.321. The molecule has 3 N–H and O–H groups in total. The van der Waals surface area contributed by atoms with E-state index in [4.69, 9.17) is 15.7 Å². The van der Waals surface area contributed by atoms with Crippen LogP contribution >= 0.6 is 0 Å². The molecule has 3 aromatic heterocycles. The van der Waals surface area contributed by atoms with Crippen molar-refractivity contribution in [3.05, 3.63) is 79.8 Å². The highest BCUT2D eigenvalue weighted by atomic mass is 16.1. The molecule has 0 spiro atoms. The Labute approximate surface area is 225 Å². The number of fused-ring (bicyclic) bond motifs is 1. The zero-order valence-electron chi connectivity index (χ0n) is 21.7. The summed E-state index contributed by atoms with van der Waals surface area (Å²) in [5.74, 6) is 0.540. The van der Waals surface area contributed by atoms with Crippen molar-refractivity contribution in [2.24, 2.45) is 0 Å². The number of nitrogens with one attached hydrogen (secondary N) is 1. The highest BCUT2D eigenvalue weighted by Crippen LogP contribution is 2.32. The Hall–Kier alpha value is -4.83. The zero-order valence-corrected chi connectivity index (χ0v) is 21.7. The predicted molar refractivity (Wildman–Crippen MR) is 152 cm³/mol. The highest BCUT2D eigenvalue weighted by molar-refractivity contribution is 5.99. The van der Waals surface area contributed by atoms with Crippen molar-refractivity contribution < 1.29 is 4.79 Å². The Bertz CT molecular complexity index is 1680. The minimum absolute atomic E-state index is 0.272. The standard InChI is InChI=1S/C29H29N9O/c1-3-26(39)33-20-7-6-8-22(15-20)38-25-10-5-4-9-23(25)35-29(38)27-28(30)31-17-24(34-27)19-16-32-37(18-19)21-11-13-36(2)14-12-21/h3-10,15-18,21H,1,11-14H2,2H3,(H2,30,31)(H,33,39). The number of amides is 1. The first-order valence-corrected chi connectivity index (χ1v) is 12.9. The summed E-state index contributed by atoms with van der Waals surface area (Å²) in [7, 11) is 2.15. The van der Waals surface area contributed by atoms with E-state index in [0.717, 1.165) is 48.2 Å². The summed E-state index contributed by atoms with van der Waals surface area (Å²) in [5.41, 5.74) is 11.5. The van der Waals surface area contributed by atoms with Gasteiger partial charge in [0.1, 0.15) is 5.69 Å². The minimum Gasteiger partial charge on any atom is -0.382 e. The number of likely N-dealkylation sites (tertiary alicyclic amines) is 1. The summed E-state index contributed by atoms with van der Waals surface area (Å²) in [4.78, 5) is 28.6. The SMILES string of the molecule is C=CC(=O)Nc1cccc(-n2c(-c3nc(-c4cnn(C5CCN(C)CC5)c4)cnc3N)nc3ccccc32)c1. The minimum atomic E-state index is -0.286. The van der Waals surface area contributed by atoms with Crippen LogP contribution in [0.4, 0.5) is 11.5 Å². The Morgan fingerprint density at radius 2 is 1.92 bits per heavy atom. The second-order valence-corrected chi connectivity index (χ2v) is 9.74. The van der Waals surface area contributed by atoms with Crippen LogP contribution in [0.25, 0.3) is 39.5 Å². The number of hydrogen-bond donors (Lipinski definition) is 2. The Morgan fingerprint density at radius 1 is 1.10 bits per heavy atom. The van der Waals surface area contributed by atoms with E-state index >= 15 is 0 Å². The molecule has 2 aromatic carbocycles. The summed E-state index contributed by atoms with van der Waals surface area (Å²) >= 11 is 0. The summed E-state index contributed by atoms with van der Waals surface area (Å²) in [6, 6.07) is 15.7. The molecule has 0 bridgehead atoms. The molecule has 0 atom stereocenters. The second kappa shape index (κ2) is 10.1. The number of rotatable bonds is 6. The first-order chi connectivity index (χ1) is 19.0. The van der Waals surface area contributed by atoms with Gasteiger partial charge in [-0.25, -0.2) is 15.0 Å². The Kier molecular flexibility index (Phi) is 6.37. The molecule has 1 aliphatic heterocycles. The molecule has 6 rings (SSSR count). The van der Waals surface area contributed by atoms with Crippen LogP contribution in [0.1, 0.15) is 18.9 Å². The number of carbonyl (C=O) groups is 1. The first-order valence-electron chi connectivity index (χ1n) is 12.9. The van der Waals surface area contributed by atoms with Gasteiger partial charge in [0.15, 0.2) is 11.6 Å². The van der Waals surface area contributed by atoms with E-state index in [1.807, 2.05) is 70.2 Å². The van der Waals surface area contributed by atoms with Crippen LogP contribution in [-0.4, -0.2) is 60.2 Å². The summed E-state index contributed by atoms with van der Waals surface area (Å²) < 4.78 is 4.02. The van der Waals surface area contributed by atoms with E-state index in [0.29, 0.717) is 28.9 Å². The molecule has 1 fully saturated rings. The van der Waals surface area contributed by atoms with Crippen molar-refractivity contribution in [2.45, 2.75) is 18.9 Å². The van der Waals surface area contributed by atoms with Crippen LogP contribution in [-0.2, 0) is 4.79 Å². The predicted octanol–water partition coefficient (Wildman–Crippen LogP) is 4.32. The van der Waals surface area contributed by atoms with Crippen molar-refractivity contribution in [2.75, 3.05) is 31.2 Å². The lowest BCUT2D eigenvalue weighted by molar-refractivity contribution is -0.111. The monoisotopic (exact) mass is 519 g/mol. The average molecular weight is 520 g/mol. The third-order valence-electron chi connectivity index (χ3n) is 7.09. The van der Waals surface area contributed by atoms with Crippen LogP contribution < -0.4 is 11.1 Å². The lowest BCUT2D eigenvalue weighted by Crippen LogP contribution is -2.31. The van der Waals surface area contributed by atoms with Gasteiger partial charge in [0.05, 0.1) is 35.2 Å². The number of piperidine rings is 1. The molecule has 196 valence electrons. The largest absolute Gasteiger partial charge is 0.382 e. The van der Waals surface area contributed by atoms with Crippen molar-refractivity contribution in [1.82, 2.24) is 34.2 Å². The number of nitrogens with zero attached hydrogens (tertiary/aromatic N) is 7. The molecule has 0 unspecified atom stereocenters. The first kappa shape index (κ1) is 24.5. The smallest absolute Gasteiger partial charge is 0.247 e. The number of imidazole rings is 1. The highest BCUT2D eigenvalue weighted by Gasteiger charge is 2.22. The maximum absolute atomic E-state index is 11.9. The zero-order chi connectivity index (χ0) is 26.9. The molecule has 10 nitrogen and oxygen atoms in total. The van der Waals surface area contributed by atoms with Crippen molar-refractivity contribution >= 4 is 28.4 Å². The van der Waals surface area contributed by atoms with Gasteiger partial charge in [0.2, 0.25) is 5.91 Å². The van der Waals surface area contributed by atoms with Gasteiger partial charge in [-0.05, 0) is 69.4 Å². The lowest BCUT2D eigenvalue weighted by atomic mass is 10.1. The molecule has 10 heteroatoms. The van der Waals surface area contributed by atoms with Crippen LogP contribution in [0.2, 0.25) is 0 Å². The topological polar surface area (TPSA) is 120 Å². The van der Waals surface area contributed by atoms with Gasteiger partial charge in [0, 0.05) is 23.1 Å². The van der Waals surface area contributed by atoms with Crippen molar-refractivity contribution in [3.63, 3.8) is 0 Å². The summed E-state index contributed by atoms with van der Waals surface area (Å²) in [6.07, 6.45) is 8.90. The number of benzene rings is 2. The molecule has 1 aliphatic rings. The molecule has 5 aromatic rings. The number of aromatic nitrogens is 6. The van der Waals surface area contributed by atoms with E-state index in [2.05, 4.69) is 33.9 Å². The van der Waals surface area contributed by atoms with Gasteiger partial charge in [-0.15, -0.1) is 0 Å². The van der Waals surface area contributed by atoms with Crippen molar-refractivity contribution in [1.29, 1.82) is 0 Å². The van der Waals surface area contributed by atoms with Gasteiger partial charge in [-0.2, -0.15) is 5.10 Å². The molecular formula is C29H29N9O. The van der Waals surface area contributed by atoms with E-state index in [1.165, 1.54) is 6.08 Å². The molecule has 0 radical (unpaired) electrons. The number of para-hydroxylation sites is 2. The van der Waals surface area contributed by atoms with E-state index in [1.54, 1.807) is 6.20 Å². The molecule has 0 aliphatic carbocycles. The van der Waals surface area contributed by atoms with Gasteiger partial charge in [-0.3, -0.25) is 14.0 Å². The molecule has 1 saturated heterocycles. The van der Waals surface area contributed by atoms with E-state index in [9.17, 15) is 4.79 Å². The molecule has 0 saturated carbocycles. The number of hydrogen-bond acceptors (Lipinski definition) is 7. The van der Waals surface area contributed by atoms with Crippen LogP contribution in [0.5, 0.6) is 0 Å². The summed E-state index contributed by atoms with van der Waals surface area (Å²) in [6.45, 7) is 5.65. The molecule has 4 heterocycles. The van der Waals surface area contributed by atoms with Gasteiger partial charge in [-0.1, -0.05) is 24.8 Å². The lowest BCUT2D eigenvalue weighted by Gasteiger charge is -2.28. The fourth-order valence-corrected chi connectivity index (χ4v) is 4.99. The van der Waals surface area contributed by atoms with Crippen LogP contribution in [0.3, 0.4) is 0 Å². The number of anilines is 2. The molecule has 1 amide bonds. The van der Waals surface area contributed by atoms with Crippen LogP contribution in [0, 0.1) is 0 Å². The van der Waals surface area contributed by atoms with Gasteiger partial charge < -0.3 is 16.0 Å². The third-order valence-corrected chi connectivity index (χ3v) is 7.09. The molecule has 39 heavy (non-hydrogen) atoms. The van der Waals surface area contributed by atoms with Gasteiger partial charge >= 0.3 is 0 Å². The van der Waals surface area contributed by atoms with E-state index < -0.39 is 0 Å². The fourth-order valence-electron chi connectivity index (χ4n) is 4.99. The van der Waals surface area contributed by atoms with Crippen molar-refractivity contribution in [3.8, 4) is 28.5 Å².